The minimum absolute atomic E-state index is 0.388. The van der Waals surface area contributed by atoms with Crippen molar-refractivity contribution in [1.29, 1.82) is 0 Å². The maximum atomic E-state index is 11.5. The van der Waals surface area contributed by atoms with Gasteiger partial charge in [0.15, 0.2) is 0 Å². The number of hydrogen-bond donors (Lipinski definition) is 3. The molecule has 0 heterocycles. The van der Waals surface area contributed by atoms with Crippen LogP contribution in [0.5, 0.6) is 0 Å². The molecule has 4 nitrogen and oxygen atoms in total. The van der Waals surface area contributed by atoms with Gasteiger partial charge < -0.3 is 16.6 Å². The summed E-state index contributed by atoms with van der Waals surface area (Å²) in [4.78, 5) is 11.5. The van der Waals surface area contributed by atoms with Gasteiger partial charge >= 0.3 is 5.97 Å². The van der Waals surface area contributed by atoms with Crippen molar-refractivity contribution in [3.63, 3.8) is 0 Å². The molecule has 2 rings (SSSR count). The average Bonchev–Trinajstić information content (AvgIpc) is 2.39. The second-order valence-electron chi connectivity index (χ2n) is 6.74. The van der Waals surface area contributed by atoms with Crippen molar-refractivity contribution in [2.75, 3.05) is 0 Å². The van der Waals surface area contributed by atoms with Crippen molar-refractivity contribution < 1.29 is 9.90 Å². The van der Waals surface area contributed by atoms with Gasteiger partial charge in [-0.3, -0.25) is 0 Å². The van der Waals surface area contributed by atoms with E-state index in [0.29, 0.717) is 5.57 Å². The summed E-state index contributed by atoms with van der Waals surface area (Å²) >= 11 is 0. The third kappa shape index (κ3) is 2.91. The molecule has 114 valence electrons. The molecule has 0 aromatic rings. The quantitative estimate of drug-likeness (QED) is 0.693. The van der Waals surface area contributed by atoms with Crippen LogP contribution >= 0.6 is 0 Å². The average molecular weight is 280 g/mol. The van der Waals surface area contributed by atoms with Crippen LogP contribution in [-0.4, -0.2) is 22.2 Å². The fourth-order valence-electron chi connectivity index (χ4n) is 4.21. The van der Waals surface area contributed by atoms with Crippen molar-refractivity contribution in [1.82, 2.24) is 0 Å². The number of rotatable bonds is 3. The zero-order chi connectivity index (χ0) is 14.8. The molecule has 0 bridgehead atoms. The number of carbonyl (C=O) groups is 1. The molecule has 0 atom stereocenters. The Labute approximate surface area is 121 Å². The smallest absolute Gasteiger partial charge is 0.331 e. The Morgan fingerprint density at radius 3 is 1.50 bits per heavy atom. The normalized spacial score (nSPS) is 24.9. The molecular formula is C16H28N2O2. The van der Waals surface area contributed by atoms with E-state index in [1.54, 1.807) is 6.92 Å². The second kappa shape index (κ2) is 5.86. The van der Waals surface area contributed by atoms with E-state index in [1.807, 2.05) is 0 Å². The summed E-state index contributed by atoms with van der Waals surface area (Å²) in [5.41, 5.74) is 13.5. The number of hydrogen-bond acceptors (Lipinski definition) is 3. The van der Waals surface area contributed by atoms with E-state index in [0.717, 1.165) is 56.9 Å². The highest BCUT2D eigenvalue weighted by Crippen LogP contribution is 2.43. The fourth-order valence-corrected chi connectivity index (χ4v) is 4.21. The van der Waals surface area contributed by atoms with Gasteiger partial charge in [-0.2, -0.15) is 0 Å². The molecule has 0 saturated heterocycles. The highest BCUT2D eigenvalue weighted by Gasteiger charge is 2.44. The summed E-state index contributed by atoms with van der Waals surface area (Å²) in [6.45, 7) is 1.68. The number of carboxylic acids is 1. The summed E-state index contributed by atoms with van der Waals surface area (Å²) in [5.74, 6) is -0.870. The summed E-state index contributed by atoms with van der Waals surface area (Å²) in [6, 6.07) is 0. The van der Waals surface area contributed by atoms with Crippen LogP contribution in [0, 0.1) is 0 Å². The molecule has 2 aliphatic rings. The van der Waals surface area contributed by atoms with Gasteiger partial charge in [0.1, 0.15) is 0 Å². The highest BCUT2D eigenvalue weighted by molar-refractivity contribution is 5.88. The van der Waals surface area contributed by atoms with Gasteiger partial charge in [0.2, 0.25) is 0 Å². The van der Waals surface area contributed by atoms with Crippen LogP contribution in [0.4, 0.5) is 0 Å². The molecule has 2 fully saturated rings. The second-order valence-corrected chi connectivity index (χ2v) is 6.74. The van der Waals surface area contributed by atoms with Crippen molar-refractivity contribution in [3.8, 4) is 0 Å². The molecule has 5 N–H and O–H groups in total. The van der Waals surface area contributed by atoms with Gasteiger partial charge in [0, 0.05) is 16.7 Å². The van der Waals surface area contributed by atoms with Crippen molar-refractivity contribution in [3.05, 3.63) is 11.1 Å². The summed E-state index contributed by atoms with van der Waals surface area (Å²) < 4.78 is 0. The first kappa shape index (κ1) is 15.5. The first-order valence-corrected chi connectivity index (χ1v) is 7.92. The lowest BCUT2D eigenvalue weighted by Gasteiger charge is -2.47. The van der Waals surface area contributed by atoms with Crippen LogP contribution in [0.15, 0.2) is 11.1 Å². The van der Waals surface area contributed by atoms with E-state index in [4.69, 9.17) is 11.5 Å². The Morgan fingerprint density at radius 1 is 0.850 bits per heavy atom. The van der Waals surface area contributed by atoms with Crippen molar-refractivity contribution in [2.45, 2.75) is 82.2 Å². The number of carboxylic acid groups (broad SMARTS) is 1. The van der Waals surface area contributed by atoms with E-state index in [9.17, 15) is 9.90 Å². The third-order valence-corrected chi connectivity index (χ3v) is 5.18. The van der Waals surface area contributed by atoms with Crippen LogP contribution in [0.1, 0.15) is 71.1 Å². The molecule has 0 aromatic carbocycles. The van der Waals surface area contributed by atoms with Gasteiger partial charge in [-0.1, -0.05) is 38.5 Å². The highest BCUT2D eigenvalue weighted by atomic mass is 16.4. The minimum Gasteiger partial charge on any atom is -0.478 e. The van der Waals surface area contributed by atoms with Crippen LogP contribution in [-0.2, 0) is 4.79 Å². The predicted molar refractivity (Wildman–Crippen MR) is 80.3 cm³/mol. The maximum Gasteiger partial charge on any atom is 0.331 e. The van der Waals surface area contributed by atoms with E-state index in [2.05, 4.69) is 0 Å². The molecule has 0 aliphatic heterocycles. The Morgan fingerprint density at radius 2 is 1.20 bits per heavy atom. The molecule has 4 heteroatoms. The molecule has 0 unspecified atom stereocenters. The van der Waals surface area contributed by atoms with E-state index in [-0.39, 0.29) is 0 Å². The number of aliphatic carboxylic acids is 1. The van der Waals surface area contributed by atoms with Crippen LogP contribution < -0.4 is 11.5 Å². The molecular weight excluding hydrogens is 252 g/mol. The SMILES string of the molecule is CC(C(=O)O)=C(C1(N)CCCCC1)C1(N)CCCCC1. The lowest BCUT2D eigenvalue weighted by molar-refractivity contribution is -0.132. The molecule has 20 heavy (non-hydrogen) atoms. The first-order valence-electron chi connectivity index (χ1n) is 7.92. The molecule has 0 amide bonds. The van der Waals surface area contributed by atoms with Gasteiger partial charge in [-0.05, 0) is 38.2 Å². The predicted octanol–water partition coefficient (Wildman–Crippen LogP) is 2.71. The van der Waals surface area contributed by atoms with E-state index < -0.39 is 17.0 Å². The molecule has 0 spiro atoms. The molecule has 0 radical (unpaired) electrons. The molecule has 2 saturated carbocycles. The standard InChI is InChI=1S/C16H28N2O2/c1-12(14(19)20)13(15(17)8-4-2-5-9-15)16(18)10-6-3-7-11-16/h2-11,17-18H2,1H3,(H,19,20). The molecule has 2 aliphatic carbocycles. The van der Waals surface area contributed by atoms with Gasteiger partial charge in [-0.15, -0.1) is 0 Å². The fraction of sp³-hybridized carbons (Fsp3) is 0.812. The van der Waals surface area contributed by atoms with Gasteiger partial charge in [0.05, 0.1) is 0 Å². The maximum absolute atomic E-state index is 11.5. The number of nitrogens with two attached hydrogens (primary N) is 2. The lowest BCUT2D eigenvalue weighted by atomic mass is 9.64. The molecule has 0 aromatic heterocycles. The van der Waals surface area contributed by atoms with Crippen molar-refractivity contribution >= 4 is 5.97 Å². The topological polar surface area (TPSA) is 89.3 Å². The monoisotopic (exact) mass is 280 g/mol. The minimum atomic E-state index is -0.870. The Balaban J connectivity index is 2.44. The Kier molecular flexibility index (Phi) is 4.55. The van der Waals surface area contributed by atoms with E-state index in [1.165, 1.54) is 12.8 Å². The van der Waals surface area contributed by atoms with Crippen LogP contribution in [0.2, 0.25) is 0 Å². The zero-order valence-corrected chi connectivity index (χ0v) is 12.6. The van der Waals surface area contributed by atoms with Crippen molar-refractivity contribution in [2.24, 2.45) is 11.5 Å². The van der Waals surface area contributed by atoms with Gasteiger partial charge in [0.25, 0.3) is 0 Å². The third-order valence-electron chi connectivity index (χ3n) is 5.18. The van der Waals surface area contributed by atoms with E-state index >= 15 is 0 Å². The zero-order valence-electron chi connectivity index (χ0n) is 12.6. The van der Waals surface area contributed by atoms with Gasteiger partial charge in [-0.25, -0.2) is 4.79 Å². The lowest BCUT2D eigenvalue weighted by Crippen LogP contribution is -2.57. The first-order chi connectivity index (χ1) is 9.39. The Hall–Kier alpha value is -0.870. The summed E-state index contributed by atoms with van der Waals surface area (Å²) in [5, 5.41) is 9.47. The summed E-state index contributed by atoms with van der Waals surface area (Å²) in [7, 11) is 0. The van der Waals surface area contributed by atoms with Crippen LogP contribution in [0.25, 0.3) is 0 Å². The summed E-state index contributed by atoms with van der Waals surface area (Å²) in [6.07, 6.45) is 10.1. The largest absolute Gasteiger partial charge is 0.478 e. The Bertz CT molecular complexity index is 377. The van der Waals surface area contributed by atoms with Crippen LogP contribution in [0.3, 0.4) is 0 Å².